The molecule has 0 aromatic rings. The van der Waals surface area contributed by atoms with Crippen LogP contribution in [0.4, 0.5) is 0 Å². The maximum Gasteiger partial charge on any atom is 0.220 e. The van der Waals surface area contributed by atoms with Crippen LogP contribution in [-0.2, 0) is 14.3 Å². The van der Waals surface area contributed by atoms with Gasteiger partial charge in [-0.15, -0.1) is 0 Å². The average molecular weight is 912 g/mol. The third kappa shape index (κ3) is 35.2. The van der Waals surface area contributed by atoms with E-state index in [9.17, 15) is 30.3 Å². The smallest absolute Gasteiger partial charge is 0.220 e. The van der Waals surface area contributed by atoms with Gasteiger partial charge in [0.15, 0.2) is 6.29 Å². The molecule has 0 bridgehead atoms. The fraction of sp³-hybridized carbons (Fsp3) is 0.732. The summed E-state index contributed by atoms with van der Waals surface area (Å²) in [6.07, 6.45) is 56.5. The Balaban J connectivity index is 2.20. The second-order valence-corrected chi connectivity index (χ2v) is 17.9. The molecule has 0 saturated carbocycles. The molecule has 1 fully saturated rings. The lowest BCUT2D eigenvalue weighted by molar-refractivity contribution is -0.302. The lowest BCUT2D eigenvalue weighted by atomic mass is 9.99. The van der Waals surface area contributed by atoms with E-state index < -0.39 is 49.5 Å². The Bertz CT molecular complexity index is 1290. The second kappa shape index (κ2) is 45.2. The molecular weight excluding hydrogens is 815 g/mol. The van der Waals surface area contributed by atoms with Crippen molar-refractivity contribution in [1.82, 2.24) is 5.32 Å². The summed E-state index contributed by atoms with van der Waals surface area (Å²) in [5, 5.41) is 54.3. The van der Waals surface area contributed by atoms with Gasteiger partial charge in [0.25, 0.3) is 0 Å². The zero-order valence-electron chi connectivity index (χ0n) is 41.2. The highest BCUT2D eigenvalue weighted by Crippen LogP contribution is 2.23. The van der Waals surface area contributed by atoms with Crippen molar-refractivity contribution < 1.29 is 39.8 Å². The molecule has 0 aromatic carbocycles. The summed E-state index contributed by atoms with van der Waals surface area (Å²) in [5.74, 6) is -0.195. The molecule has 0 aromatic heterocycles. The fourth-order valence-electron chi connectivity index (χ4n) is 7.77. The molecule has 1 rings (SSSR count). The number of rotatable bonds is 43. The summed E-state index contributed by atoms with van der Waals surface area (Å²) in [5.41, 5.74) is 0. The first-order valence-electron chi connectivity index (χ1n) is 26.3. The highest BCUT2D eigenvalue weighted by atomic mass is 16.7. The van der Waals surface area contributed by atoms with Crippen molar-refractivity contribution in [1.29, 1.82) is 0 Å². The van der Waals surface area contributed by atoms with Crippen molar-refractivity contribution >= 4 is 5.91 Å². The Kier molecular flexibility index (Phi) is 42.0. The molecule has 9 nitrogen and oxygen atoms in total. The summed E-state index contributed by atoms with van der Waals surface area (Å²) in [6, 6.07) is -0.830. The first-order valence-corrected chi connectivity index (χ1v) is 26.3. The van der Waals surface area contributed by atoms with E-state index in [1.165, 1.54) is 109 Å². The second-order valence-electron chi connectivity index (χ2n) is 17.9. The van der Waals surface area contributed by atoms with Crippen LogP contribution in [0, 0.1) is 0 Å². The van der Waals surface area contributed by atoms with Crippen LogP contribution in [0.2, 0.25) is 0 Å². The van der Waals surface area contributed by atoms with Crippen LogP contribution in [0.5, 0.6) is 0 Å². The predicted molar refractivity (Wildman–Crippen MR) is 271 cm³/mol. The molecule has 1 saturated heterocycles. The van der Waals surface area contributed by atoms with Gasteiger partial charge in [0.2, 0.25) is 5.91 Å². The van der Waals surface area contributed by atoms with E-state index in [0.717, 1.165) is 77.0 Å². The van der Waals surface area contributed by atoms with E-state index in [1.807, 2.05) is 6.08 Å². The zero-order chi connectivity index (χ0) is 47.3. The molecule has 374 valence electrons. The van der Waals surface area contributed by atoms with Gasteiger partial charge >= 0.3 is 0 Å². The topological polar surface area (TPSA) is 149 Å². The molecular formula is C56H97NO8. The van der Waals surface area contributed by atoms with Crippen molar-refractivity contribution in [2.75, 3.05) is 13.2 Å². The van der Waals surface area contributed by atoms with Crippen molar-refractivity contribution in [3.05, 3.63) is 85.1 Å². The normalized spacial score (nSPS) is 20.6. The number of hydrogen-bond acceptors (Lipinski definition) is 8. The van der Waals surface area contributed by atoms with Crippen LogP contribution < -0.4 is 5.32 Å². The van der Waals surface area contributed by atoms with Crippen LogP contribution in [0.25, 0.3) is 0 Å². The Labute approximate surface area is 397 Å². The number of hydrogen-bond donors (Lipinski definition) is 6. The van der Waals surface area contributed by atoms with E-state index in [-0.39, 0.29) is 12.5 Å². The van der Waals surface area contributed by atoms with Crippen LogP contribution in [0.3, 0.4) is 0 Å². The van der Waals surface area contributed by atoms with Crippen LogP contribution in [-0.4, -0.2) is 87.5 Å². The molecule has 7 unspecified atom stereocenters. The Morgan fingerprint density at radius 1 is 0.538 bits per heavy atom. The van der Waals surface area contributed by atoms with Gasteiger partial charge in [-0.2, -0.15) is 0 Å². The summed E-state index contributed by atoms with van der Waals surface area (Å²) in [4.78, 5) is 13.0. The highest BCUT2D eigenvalue weighted by Gasteiger charge is 2.44. The number of allylic oxidation sites excluding steroid dienone is 13. The largest absolute Gasteiger partial charge is 0.394 e. The number of amides is 1. The molecule has 1 amide bonds. The van der Waals surface area contributed by atoms with Crippen molar-refractivity contribution in [2.45, 2.75) is 249 Å². The minimum absolute atomic E-state index is 0.195. The van der Waals surface area contributed by atoms with E-state index in [4.69, 9.17) is 9.47 Å². The summed E-state index contributed by atoms with van der Waals surface area (Å²) in [6.45, 7) is 3.60. The lowest BCUT2D eigenvalue weighted by Gasteiger charge is -2.40. The van der Waals surface area contributed by atoms with Crippen molar-refractivity contribution in [3.8, 4) is 0 Å². The standard InChI is InChI=1S/C56H97NO8/c1-3-5-7-9-11-13-15-17-18-19-20-21-22-23-24-25-26-27-28-29-30-31-32-34-36-38-40-42-44-46-52(60)57-49(48-64-56-55(63)54(62)53(61)51(47-58)65-56)50(59)45-43-41-39-37-35-33-16-14-12-10-8-6-4-2/h5,7,11-14,17-18,20-21,35,37,43,45,49-51,53-56,58-59,61-63H,3-4,6,8-10,15-16,19,22-34,36,38-42,44,46-48H2,1-2H3,(H,57,60)/b7-5-,13-11-,14-12+,18-17-,21-20-,37-35+,45-43+. The number of aliphatic hydroxyl groups excluding tert-OH is 5. The molecule has 65 heavy (non-hydrogen) atoms. The van der Waals surface area contributed by atoms with Crippen molar-refractivity contribution in [2.24, 2.45) is 0 Å². The fourth-order valence-corrected chi connectivity index (χ4v) is 7.77. The Morgan fingerprint density at radius 2 is 0.969 bits per heavy atom. The zero-order valence-corrected chi connectivity index (χ0v) is 41.2. The monoisotopic (exact) mass is 912 g/mol. The van der Waals surface area contributed by atoms with Gasteiger partial charge in [-0.1, -0.05) is 202 Å². The Morgan fingerprint density at radius 3 is 1.48 bits per heavy atom. The number of carbonyl (C=O) groups is 1. The summed E-state index contributed by atoms with van der Waals surface area (Å²) >= 11 is 0. The molecule has 7 atom stereocenters. The SMILES string of the molecule is CC/C=C\C/C=C\C/C=C\C/C=C\CCCCCCCCCCCCCCCCCCC(=O)NC(COC1OC(CO)C(O)C(O)C1O)C(O)/C=C/CC/C=C/CC/C=C/CCCCC. The predicted octanol–water partition coefficient (Wildman–Crippen LogP) is 12.3. The van der Waals surface area contributed by atoms with Gasteiger partial charge in [-0.05, 0) is 83.5 Å². The number of aliphatic hydroxyl groups is 5. The average Bonchev–Trinajstić information content (AvgIpc) is 3.31. The number of unbranched alkanes of at least 4 members (excludes halogenated alkanes) is 21. The molecule has 1 aliphatic heterocycles. The molecule has 9 heteroatoms. The maximum absolute atomic E-state index is 13.0. The van der Waals surface area contributed by atoms with Crippen molar-refractivity contribution in [3.63, 3.8) is 0 Å². The number of ether oxygens (including phenoxy) is 2. The first-order chi connectivity index (χ1) is 31.8. The lowest BCUT2D eigenvalue weighted by Crippen LogP contribution is -2.60. The number of carbonyl (C=O) groups excluding carboxylic acids is 1. The molecule has 0 spiro atoms. The van der Waals surface area contributed by atoms with E-state index in [1.54, 1.807) is 6.08 Å². The van der Waals surface area contributed by atoms with E-state index in [0.29, 0.717) is 6.42 Å². The minimum atomic E-state index is -1.58. The molecule has 6 N–H and O–H groups in total. The van der Waals surface area contributed by atoms with Gasteiger partial charge in [-0.25, -0.2) is 0 Å². The summed E-state index contributed by atoms with van der Waals surface area (Å²) < 4.78 is 11.2. The van der Waals surface area contributed by atoms with Gasteiger partial charge in [0.1, 0.15) is 24.4 Å². The van der Waals surface area contributed by atoms with Crippen LogP contribution in [0.1, 0.15) is 206 Å². The van der Waals surface area contributed by atoms with E-state index >= 15 is 0 Å². The minimum Gasteiger partial charge on any atom is -0.394 e. The molecule has 0 radical (unpaired) electrons. The van der Waals surface area contributed by atoms with Gasteiger partial charge < -0.3 is 40.3 Å². The van der Waals surface area contributed by atoms with Gasteiger partial charge in [0, 0.05) is 6.42 Å². The van der Waals surface area contributed by atoms with Crippen LogP contribution in [0.15, 0.2) is 85.1 Å². The number of nitrogens with one attached hydrogen (secondary N) is 1. The third-order valence-corrected chi connectivity index (χ3v) is 11.9. The maximum atomic E-state index is 13.0. The van der Waals surface area contributed by atoms with Gasteiger partial charge in [-0.3, -0.25) is 4.79 Å². The first kappa shape index (κ1) is 60.4. The van der Waals surface area contributed by atoms with E-state index in [2.05, 4.69) is 92.1 Å². The van der Waals surface area contributed by atoms with Crippen LogP contribution >= 0.6 is 0 Å². The Hall–Kier alpha value is -2.63. The summed E-state index contributed by atoms with van der Waals surface area (Å²) in [7, 11) is 0. The highest BCUT2D eigenvalue weighted by molar-refractivity contribution is 5.76. The third-order valence-electron chi connectivity index (χ3n) is 11.9. The molecule has 1 heterocycles. The van der Waals surface area contributed by atoms with Gasteiger partial charge in [0.05, 0.1) is 25.4 Å². The molecule has 1 aliphatic rings. The molecule has 0 aliphatic carbocycles. The quantitative estimate of drug-likeness (QED) is 0.0262.